The van der Waals surface area contributed by atoms with Crippen LogP contribution >= 0.6 is 15.9 Å². The Kier molecular flexibility index (Phi) is 7.91. The summed E-state index contributed by atoms with van der Waals surface area (Å²) in [5.41, 5.74) is 1.67. The van der Waals surface area contributed by atoms with Gasteiger partial charge in [0.05, 0.1) is 24.8 Å². The molecule has 0 bridgehead atoms. The summed E-state index contributed by atoms with van der Waals surface area (Å²) >= 11 is 3.44. The highest BCUT2D eigenvalue weighted by Gasteiger charge is 2.35. The van der Waals surface area contributed by atoms with Gasteiger partial charge in [-0.15, -0.1) is 0 Å². The van der Waals surface area contributed by atoms with Crippen molar-refractivity contribution in [2.45, 2.75) is 19.9 Å². The smallest absolute Gasteiger partial charge is 0.409 e. The molecule has 2 aliphatic rings. The van der Waals surface area contributed by atoms with E-state index < -0.39 is 12.0 Å². The number of carbonyl (C=O) groups excluding carboxylic acids is 3. The van der Waals surface area contributed by atoms with Crippen molar-refractivity contribution < 1.29 is 23.9 Å². The van der Waals surface area contributed by atoms with Crippen molar-refractivity contribution in [1.29, 1.82) is 0 Å². The summed E-state index contributed by atoms with van der Waals surface area (Å²) in [6.45, 7) is 6.69. The minimum atomic E-state index is -0.624. The summed E-state index contributed by atoms with van der Waals surface area (Å²) in [5.74, 6) is -0.472. The van der Waals surface area contributed by atoms with Crippen molar-refractivity contribution in [3.63, 3.8) is 0 Å². The summed E-state index contributed by atoms with van der Waals surface area (Å²) < 4.78 is 11.2. The number of amides is 3. The average Bonchev–Trinajstić information content (AvgIpc) is 2.74. The highest BCUT2D eigenvalue weighted by Crippen LogP contribution is 2.29. The Bertz CT molecular complexity index is 867. The van der Waals surface area contributed by atoms with Gasteiger partial charge in [-0.2, -0.15) is 0 Å². The predicted octanol–water partition coefficient (Wildman–Crippen LogP) is 2.39. The summed E-state index contributed by atoms with van der Waals surface area (Å²) in [7, 11) is 0. The molecule has 1 aromatic carbocycles. The van der Waals surface area contributed by atoms with Crippen molar-refractivity contribution in [1.82, 2.24) is 20.4 Å². The first-order valence-electron chi connectivity index (χ1n) is 10.3. The van der Waals surface area contributed by atoms with Crippen molar-refractivity contribution in [3.05, 3.63) is 45.6 Å². The van der Waals surface area contributed by atoms with Crippen LogP contribution in [-0.4, -0.2) is 73.8 Å². The van der Waals surface area contributed by atoms with Crippen molar-refractivity contribution >= 4 is 34.0 Å². The molecule has 1 aromatic rings. The molecule has 3 rings (SSSR count). The van der Waals surface area contributed by atoms with Crippen LogP contribution in [0, 0.1) is 0 Å². The zero-order chi connectivity index (χ0) is 22.4. The van der Waals surface area contributed by atoms with Crippen LogP contribution in [0.2, 0.25) is 0 Å². The molecule has 31 heavy (non-hydrogen) atoms. The number of urea groups is 1. The molecule has 168 valence electrons. The zero-order valence-corrected chi connectivity index (χ0v) is 19.2. The molecule has 1 saturated heterocycles. The highest BCUT2D eigenvalue weighted by molar-refractivity contribution is 9.10. The van der Waals surface area contributed by atoms with E-state index in [0.29, 0.717) is 50.6 Å². The third-order valence-electron chi connectivity index (χ3n) is 5.11. The number of nitrogens with zero attached hydrogens (tertiary/aromatic N) is 2. The van der Waals surface area contributed by atoms with Crippen LogP contribution in [0.3, 0.4) is 0 Å². The molecule has 10 heteroatoms. The lowest BCUT2D eigenvalue weighted by molar-refractivity contribution is -0.139. The van der Waals surface area contributed by atoms with Gasteiger partial charge >= 0.3 is 18.1 Å². The maximum Gasteiger partial charge on any atom is 0.409 e. The third-order valence-corrected chi connectivity index (χ3v) is 5.60. The van der Waals surface area contributed by atoms with Gasteiger partial charge in [-0.05, 0) is 31.5 Å². The van der Waals surface area contributed by atoms with E-state index in [4.69, 9.17) is 9.47 Å². The Hall–Kier alpha value is -2.59. The average molecular weight is 495 g/mol. The number of hydrogen-bond acceptors (Lipinski definition) is 6. The molecule has 0 aliphatic carbocycles. The molecular formula is C21H27BrN4O5. The van der Waals surface area contributed by atoms with Crippen molar-refractivity contribution in [2.24, 2.45) is 0 Å². The Morgan fingerprint density at radius 3 is 2.48 bits per heavy atom. The Morgan fingerprint density at radius 2 is 1.84 bits per heavy atom. The summed E-state index contributed by atoms with van der Waals surface area (Å²) in [5, 5.41) is 5.63. The number of piperazine rings is 1. The lowest BCUT2D eigenvalue weighted by Gasteiger charge is -2.36. The van der Waals surface area contributed by atoms with Gasteiger partial charge in [0.15, 0.2) is 0 Å². The molecule has 0 radical (unpaired) electrons. The number of benzene rings is 1. The number of halogens is 1. The van der Waals surface area contributed by atoms with Gasteiger partial charge in [0.2, 0.25) is 0 Å². The second kappa shape index (κ2) is 10.6. The SMILES string of the molecule is CCOC(=O)C1=C(CN2CCN(C(=O)OCC)CC2)NC(=O)NC1c1cccc(Br)c1. The highest BCUT2D eigenvalue weighted by atomic mass is 79.9. The largest absolute Gasteiger partial charge is 0.463 e. The molecule has 2 aliphatic heterocycles. The molecule has 1 atom stereocenters. The molecular weight excluding hydrogens is 468 g/mol. The lowest BCUT2D eigenvalue weighted by atomic mass is 9.95. The van der Waals surface area contributed by atoms with E-state index in [9.17, 15) is 14.4 Å². The molecule has 1 unspecified atom stereocenters. The molecule has 0 saturated carbocycles. The molecule has 2 heterocycles. The Morgan fingerprint density at radius 1 is 1.13 bits per heavy atom. The topological polar surface area (TPSA) is 100 Å². The Labute approximate surface area is 189 Å². The van der Waals surface area contributed by atoms with Crippen molar-refractivity contribution in [2.75, 3.05) is 45.9 Å². The van der Waals surface area contributed by atoms with E-state index >= 15 is 0 Å². The molecule has 0 spiro atoms. The van der Waals surface area contributed by atoms with Gasteiger partial charge in [-0.25, -0.2) is 14.4 Å². The fourth-order valence-corrected chi connectivity index (χ4v) is 4.07. The molecule has 0 aromatic heterocycles. The number of ether oxygens (including phenoxy) is 2. The standard InChI is InChI=1S/C21H27BrN4O5/c1-3-30-19(27)17-16(13-25-8-10-26(11-9-25)21(29)31-4-2)23-20(28)24-18(17)14-6-5-7-15(22)12-14/h5-7,12,18H,3-4,8-11,13H2,1-2H3,(H2,23,24,28). The van der Waals surface area contributed by atoms with Crippen LogP contribution in [0.25, 0.3) is 0 Å². The van der Waals surface area contributed by atoms with Gasteiger partial charge in [0, 0.05) is 42.9 Å². The van der Waals surface area contributed by atoms with E-state index in [-0.39, 0.29) is 18.7 Å². The number of rotatable bonds is 6. The maximum atomic E-state index is 12.9. The number of nitrogens with one attached hydrogen (secondary N) is 2. The third kappa shape index (κ3) is 5.76. The summed E-state index contributed by atoms with van der Waals surface area (Å²) in [6.07, 6.45) is -0.321. The maximum absolute atomic E-state index is 12.9. The summed E-state index contributed by atoms with van der Waals surface area (Å²) in [4.78, 5) is 41.0. The number of hydrogen-bond donors (Lipinski definition) is 2. The van der Waals surface area contributed by atoms with Gasteiger partial charge in [-0.3, -0.25) is 4.90 Å². The quantitative estimate of drug-likeness (QED) is 0.588. The molecule has 3 amide bonds. The van der Waals surface area contributed by atoms with E-state index in [1.807, 2.05) is 24.3 Å². The molecule has 2 N–H and O–H groups in total. The zero-order valence-electron chi connectivity index (χ0n) is 17.7. The van der Waals surface area contributed by atoms with E-state index in [1.54, 1.807) is 18.7 Å². The monoisotopic (exact) mass is 494 g/mol. The van der Waals surface area contributed by atoms with Crippen LogP contribution in [0.4, 0.5) is 9.59 Å². The predicted molar refractivity (Wildman–Crippen MR) is 117 cm³/mol. The van der Waals surface area contributed by atoms with Gasteiger partial charge < -0.3 is 25.0 Å². The van der Waals surface area contributed by atoms with Crippen molar-refractivity contribution in [3.8, 4) is 0 Å². The Balaban J connectivity index is 1.83. The molecule has 9 nitrogen and oxygen atoms in total. The first-order chi connectivity index (χ1) is 14.9. The fourth-order valence-electron chi connectivity index (χ4n) is 3.66. The van der Waals surface area contributed by atoms with Crippen LogP contribution in [-0.2, 0) is 14.3 Å². The van der Waals surface area contributed by atoms with Crippen LogP contribution in [0.15, 0.2) is 40.0 Å². The first kappa shape index (κ1) is 23.1. The second-order valence-corrected chi connectivity index (χ2v) is 8.08. The van der Waals surface area contributed by atoms with Gasteiger partial charge in [-0.1, -0.05) is 28.1 Å². The fraction of sp³-hybridized carbons (Fsp3) is 0.476. The van der Waals surface area contributed by atoms with E-state index in [0.717, 1.165) is 10.0 Å². The molecule has 1 fully saturated rings. The van der Waals surface area contributed by atoms with E-state index in [1.165, 1.54) is 0 Å². The normalized spacial score (nSPS) is 19.5. The number of esters is 1. The van der Waals surface area contributed by atoms with E-state index in [2.05, 4.69) is 31.5 Å². The summed E-state index contributed by atoms with van der Waals surface area (Å²) in [6, 6.07) is 6.45. The van der Waals surface area contributed by atoms with Crippen LogP contribution in [0.1, 0.15) is 25.5 Å². The minimum absolute atomic E-state index is 0.229. The number of carbonyl (C=O) groups is 3. The lowest BCUT2D eigenvalue weighted by Crippen LogP contribution is -2.52. The minimum Gasteiger partial charge on any atom is -0.463 e. The van der Waals surface area contributed by atoms with Gasteiger partial charge in [0.25, 0.3) is 0 Å². The first-order valence-corrected chi connectivity index (χ1v) is 11.1. The van der Waals surface area contributed by atoms with Gasteiger partial charge in [0.1, 0.15) is 0 Å². The second-order valence-electron chi connectivity index (χ2n) is 7.16. The van der Waals surface area contributed by atoms with Crippen LogP contribution in [0.5, 0.6) is 0 Å². The van der Waals surface area contributed by atoms with Crippen LogP contribution < -0.4 is 10.6 Å².